The van der Waals surface area contributed by atoms with Crippen molar-refractivity contribution in [2.45, 2.75) is 45.3 Å². The number of nitrogens with zero attached hydrogens (tertiary/aromatic N) is 3. The number of benzene rings is 1. The van der Waals surface area contributed by atoms with Crippen molar-refractivity contribution >= 4 is 11.1 Å². The Morgan fingerprint density at radius 2 is 2.13 bits per heavy atom. The van der Waals surface area contributed by atoms with Crippen molar-refractivity contribution in [2.24, 2.45) is 0 Å². The van der Waals surface area contributed by atoms with Crippen molar-refractivity contribution in [1.29, 1.82) is 0 Å². The first-order chi connectivity index (χ1) is 11.1. The second-order valence-electron chi connectivity index (χ2n) is 6.62. The summed E-state index contributed by atoms with van der Waals surface area (Å²) in [4.78, 5) is 17.0. The van der Waals surface area contributed by atoms with Crippen LogP contribution in [0.1, 0.15) is 26.7 Å². The molecule has 2 heterocycles. The SMILES string of the molecule is CCN1CC[C@H](N(C)CCn2c(=O)oc3ccccc32)C[C@H]1C. The molecule has 1 aliphatic heterocycles. The maximum absolute atomic E-state index is 12.0. The van der Waals surface area contributed by atoms with Gasteiger partial charge in [-0.05, 0) is 52.0 Å². The molecule has 0 bridgehead atoms. The average molecular weight is 317 g/mol. The Bertz CT molecular complexity index is 706. The molecule has 2 aromatic rings. The fraction of sp³-hybridized carbons (Fsp3) is 0.611. The third-order valence-corrected chi connectivity index (χ3v) is 5.27. The van der Waals surface area contributed by atoms with Crippen LogP contribution in [0, 0.1) is 0 Å². The molecule has 1 aromatic carbocycles. The molecular weight excluding hydrogens is 290 g/mol. The largest absolute Gasteiger partial charge is 0.419 e. The highest BCUT2D eigenvalue weighted by molar-refractivity contribution is 5.72. The van der Waals surface area contributed by atoms with Crippen LogP contribution in [0.5, 0.6) is 0 Å². The van der Waals surface area contributed by atoms with Crippen LogP contribution in [0.15, 0.2) is 33.5 Å². The topological polar surface area (TPSA) is 41.6 Å². The van der Waals surface area contributed by atoms with Gasteiger partial charge in [0.25, 0.3) is 0 Å². The molecule has 0 N–H and O–H groups in total. The van der Waals surface area contributed by atoms with Gasteiger partial charge in [0.2, 0.25) is 0 Å². The predicted molar refractivity (Wildman–Crippen MR) is 92.8 cm³/mol. The number of piperidine rings is 1. The maximum atomic E-state index is 12.0. The zero-order valence-corrected chi connectivity index (χ0v) is 14.4. The molecule has 5 nitrogen and oxygen atoms in total. The number of rotatable bonds is 5. The summed E-state index contributed by atoms with van der Waals surface area (Å²) in [6.45, 7) is 8.39. The van der Waals surface area contributed by atoms with E-state index in [1.807, 2.05) is 24.3 Å². The third kappa shape index (κ3) is 3.35. The number of hydrogen-bond acceptors (Lipinski definition) is 4. The molecule has 0 spiro atoms. The normalized spacial score (nSPS) is 23.0. The highest BCUT2D eigenvalue weighted by Gasteiger charge is 2.26. The van der Waals surface area contributed by atoms with Crippen LogP contribution in [0.2, 0.25) is 0 Å². The first-order valence-corrected chi connectivity index (χ1v) is 8.62. The summed E-state index contributed by atoms with van der Waals surface area (Å²) in [5, 5.41) is 0. The Hall–Kier alpha value is -1.59. The number of para-hydroxylation sites is 2. The molecule has 0 unspecified atom stereocenters. The Kier molecular flexibility index (Phi) is 4.87. The summed E-state index contributed by atoms with van der Waals surface area (Å²) in [7, 11) is 2.17. The summed E-state index contributed by atoms with van der Waals surface area (Å²) < 4.78 is 7.05. The Balaban J connectivity index is 1.64. The van der Waals surface area contributed by atoms with Gasteiger partial charge in [0.05, 0.1) is 5.52 Å². The van der Waals surface area contributed by atoms with Crippen molar-refractivity contribution in [3.63, 3.8) is 0 Å². The minimum absolute atomic E-state index is 0.256. The van der Waals surface area contributed by atoms with Crippen LogP contribution in [-0.2, 0) is 6.54 Å². The van der Waals surface area contributed by atoms with E-state index in [0.29, 0.717) is 24.2 Å². The van der Waals surface area contributed by atoms with Gasteiger partial charge in [-0.1, -0.05) is 19.1 Å². The van der Waals surface area contributed by atoms with E-state index in [2.05, 4.69) is 30.7 Å². The molecule has 1 aliphatic rings. The fourth-order valence-corrected chi connectivity index (χ4v) is 3.73. The monoisotopic (exact) mass is 317 g/mol. The van der Waals surface area contributed by atoms with E-state index >= 15 is 0 Å². The van der Waals surface area contributed by atoms with Gasteiger partial charge in [-0.3, -0.25) is 4.57 Å². The smallest absolute Gasteiger partial charge is 0.408 e. The standard InChI is InChI=1S/C18H27N3O2/c1-4-20-10-9-15(13-14(20)2)19(3)11-12-21-16-7-5-6-8-17(16)23-18(21)22/h5-8,14-15H,4,9-13H2,1-3H3/t14-,15+/m1/s1. The summed E-state index contributed by atoms with van der Waals surface area (Å²) in [5.41, 5.74) is 1.56. The van der Waals surface area contributed by atoms with Gasteiger partial charge in [-0.25, -0.2) is 4.79 Å². The van der Waals surface area contributed by atoms with Gasteiger partial charge in [-0.2, -0.15) is 0 Å². The van der Waals surface area contributed by atoms with E-state index in [0.717, 1.165) is 18.6 Å². The molecule has 0 aliphatic carbocycles. The van der Waals surface area contributed by atoms with Crippen molar-refractivity contribution in [2.75, 3.05) is 26.7 Å². The van der Waals surface area contributed by atoms with E-state index in [1.165, 1.54) is 19.4 Å². The van der Waals surface area contributed by atoms with Crippen LogP contribution in [0.3, 0.4) is 0 Å². The van der Waals surface area contributed by atoms with Crippen LogP contribution >= 0.6 is 0 Å². The Morgan fingerprint density at radius 3 is 2.87 bits per heavy atom. The molecule has 5 heteroatoms. The van der Waals surface area contributed by atoms with Crippen LogP contribution in [0.4, 0.5) is 0 Å². The van der Waals surface area contributed by atoms with Gasteiger partial charge in [0.15, 0.2) is 5.58 Å². The van der Waals surface area contributed by atoms with Gasteiger partial charge in [0.1, 0.15) is 0 Å². The lowest BCUT2D eigenvalue weighted by molar-refractivity contribution is 0.0879. The number of oxazole rings is 1. The summed E-state index contributed by atoms with van der Waals surface area (Å²) in [6, 6.07) is 8.87. The molecule has 1 aromatic heterocycles. The van der Waals surface area contributed by atoms with Crippen molar-refractivity contribution < 1.29 is 4.42 Å². The van der Waals surface area contributed by atoms with E-state index in [1.54, 1.807) is 4.57 Å². The van der Waals surface area contributed by atoms with Gasteiger partial charge in [0, 0.05) is 25.2 Å². The van der Waals surface area contributed by atoms with E-state index in [4.69, 9.17) is 4.42 Å². The van der Waals surface area contributed by atoms with Crippen LogP contribution in [-0.4, -0.2) is 53.1 Å². The number of aromatic nitrogens is 1. The number of likely N-dealkylation sites (tertiary alicyclic amines) is 1. The highest BCUT2D eigenvalue weighted by atomic mass is 16.4. The lowest BCUT2D eigenvalue weighted by atomic mass is 9.97. The second kappa shape index (κ2) is 6.89. The maximum Gasteiger partial charge on any atom is 0.419 e. The van der Waals surface area contributed by atoms with E-state index in [-0.39, 0.29) is 5.76 Å². The quantitative estimate of drug-likeness (QED) is 0.849. The average Bonchev–Trinajstić information content (AvgIpc) is 2.87. The minimum atomic E-state index is -0.256. The number of hydrogen-bond donors (Lipinski definition) is 0. The van der Waals surface area contributed by atoms with E-state index < -0.39 is 0 Å². The Labute approximate surface area is 137 Å². The zero-order chi connectivity index (χ0) is 16.4. The molecule has 23 heavy (non-hydrogen) atoms. The lowest BCUT2D eigenvalue weighted by Crippen LogP contribution is -2.48. The lowest BCUT2D eigenvalue weighted by Gasteiger charge is -2.40. The molecule has 3 rings (SSSR count). The van der Waals surface area contributed by atoms with E-state index in [9.17, 15) is 4.79 Å². The van der Waals surface area contributed by atoms with Gasteiger partial charge < -0.3 is 14.2 Å². The summed E-state index contributed by atoms with van der Waals surface area (Å²) >= 11 is 0. The van der Waals surface area contributed by atoms with Crippen molar-refractivity contribution in [3.8, 4) is 0 Å². The van der Waals surface area contributed by atoms with Crippen LogP contribution in [0.25, 0.3) is 11.1 Å². The molecule has 1 fully saturated rings. The number of likely N-dealkylation sites (N-methyl/N-ethyl adjacent to an activating group) is 1. The zero-order valence-electron chi connectivity index (χ0n) is 14.4. The Morgan fingerprint density at radius 1 is 1.35 bits per heavy atom. The van der Waals surface area contributed by atoms with Gasteiger partial charge >= 0.3 is 5.76 Å². The molecule has 1 saturated heterocycles. The number of fused-ring (bicyclic) bond motifs is 1. The molecule has 126 valence electrons. The molecule has 0 radical (unpaired) electrons. The van der Waals surface area contributed by atoms with Crippen molar-refractivity contribution in [1.82, 2.24) is 14.4 Å². The molecule has 2 atom stereocenters. The van der Waals surface area contributed by atoms with Crippen molar-refractivity contribution in [3.05, 3.63) is 34.8 Å². The minimum Gasteiger partial charge on any atom is -0.408 e. The molecular formula is C18H27N3O2. The van der Waals surface area contributed by atoms with Crippen LogP contribution < -0.4 is 5.76 Å². The predicted octanol–water partition coefficient (Wildman–Crippen LogP) is 2.40. The van der Waals surface area contributed by atoms with Gasteiger partial charge in [-0.15, -0.1) is 0 Å². The first kappa shape index (κ1) is 16.3. The second-order valence-corrected chi connectivity index (χ2v) is 6.62. The highest BCUT2D eigenvalue weighted by Crippen LogP contribution is 2.21. The first-order valence-electron chi connectivity index (χ1n) is 8.62. The summed E-state index contributed by atoms with van der Waals surface area (Å²) in [5.74, 6) is -0.256. The summed E-state index contributed by atoms with van der Waals surface area (Å²) in [6.07, 6.45) is 2.40. The molecule has 0 saturated carbocycles. The fourth-order valence-electron chi connectivity index (χ4n) is 3.73. The molecule has 0 amide bonds. The third-order valence-electron chi connectivity index (χ3n) is 5.27.